The summed E-state index contributed by atoms with van der Waals surface area (Å²) < 4.78 is 33.9. The van der Waals surface area contributed by atoms with Crippen LogP contribution in [0.3, 0.4) is 0 Å². The first kappa shape index (κ1) is 24.9. The Morgan fingerprint density at radius 3 is 2.71 bits per heavy atom. The molecule has 0 aliphatic heterocycles. The highest BCUT2D eigenvalue weighted by molar-refractivity contribution is 5.81. The summed E-state index contributed by atoms with van der Waals surface area (Å²) in [6, 6.07) is 12.1. The van der Waals surface area contributed by atoms with Crippen LogP contribution in [0.25, 0.3) is 11.0 Å². The molecule has 7 nitrogen and oxygen atoms in total. The van der Waals surface area contributed by atoms with Crippen LogP contribution in [-0.4, -0.2) is 21.4 Å². The molecule has 2 N–H and O–H groups in total. The number of hydrogen-bond donors (Lipinski definition) is 2. The van der Waals surface area contributed by atoms with Crippen molar-refractivity contribution in [2.75, 3.05) is 10.2 Å². The Hall–Kier alpha value is -4.79. The number of rotatable bonds is 8. The van der Waals surface area contributed by atoms with Crippen molar-refractivity contribution in [1.29, 1.82) is 0 Å². The van der Waals surface area contributed by atoms with Crippen LogP contribution in [0.15, 0.2) is 96.3 Å². The first-order valence-electron chi connectivity index (χ1n) is 12.0. The van der Waals surface area contributed by atoms with Crippen LogP contribution >= 0.6 is 0 Å². The van der Waals surface area contributed by atoms with Crippen molar-refractivity contribution in [2.45, 2.75) is 26.2 Å². The molecule has 1 aliphatic carbocycles. The monoisotopic (exact) mass is 513 g/mol. The first-order chi connectivity index (χ1) is 18.4. The molecule has 0 atom stereocenters. The van der Waals surface area contributed by atoms with Gasteiger partial charge in [0.25, 0.3) is 0 Å². The molecule has 2 heterocycles. The van der Waals surface area contributed by atoms with Gasteiger partial charge in [-0.2, -0.15) is 0 Å². The maximum atomic E-state index is 14.9. The molecule has 1 fully saturated rings. The average Bonchev–Trinajstić information content (AvgIpc) is 3.59. The Morgan fingerprint density at radius 1 is 1.13 bits per heavy atom. The van der Waals surface area contributed by atoms with Gasteiger partial charge in [0.1, 0.15) is 17.8 Å². The summed E-state index contributed by atoms with van der Waals surface area (Å²) in [6.45, 7) is 6.09. The number of hydrogen-bond acceptors (Lipinski definition) is 5. The molecule has 0 bridgehead atoms. The van der Waals surface area contributed by atoms with Gasteiger partial charge >= 0.3 is 0 Å². The molecular weight excluding hydrogens is 488 g/mol. The second kappa shape index (κ2) is 10.7. The molecule has 192 valence electrons. The Balaban J connectivity index is 1.32. The van der Waals surface area contributed by atoms with Crippen molar-refractivity contribution in [1.82, 2.24) is 15.0 Å². The van der Waals surface area contributed by atoms with E-state index in [0.29, 0.717) is 34.5 Å². The third kappa shape index (κ3) is 5.17. The molecule has 0 radical (unpaired) electrons. The van der Waals surface area contributed by atoms with Gasteiger partial charge in [0.15, 0.2) is 11.6 Å². The molecule has 38 heavy (non-hydrogen) atoms. The summed E-state index contributed by atoms with van der Waals surface area (Å²) in [5, 5.41) is 3.82. The van der Waals surface area contributed by atoms with Crippen LogP contribution in [0.4, 0.5) is 20.2 Å². The molecule has 1 amide bonds. The molecule has 1 aliphatic rings. The number of fused-ring (bicyclic) bond motifs is 1. The molecule has 0 spiro atoms. The van der Waals surface area contributed by atoms with E-state index in [-0.39, 0.29) is 17.4 Å². The second-order valence-corrected chi connectivity index (χ2v) is 8.87. The number of nitrogens with one attached hydrogen (secondary N) is 2. The van der Waals surface area contributed by atoms with E-state index >= 15 is 0 Å². The van der Waals surface area contributed by atoms with E-state index in [1.165, 1.54) is 35.5 Å². The molecule has 0 unspecified atom stereocenters. The standard InChI is InChI=1S/C29H25F2N5O2/c1-18(24-5-3-4-20(24)15-36(17-37)23-9-6-21(30)7-10-23)19(2)35-22-8-11-27(26(31)14-22)38-29-25-12-13-32-28(25)33-16-34-29/h6-17,35H,2-5H2,1H3,(H,32,33,34)/b20-15-,24-18+. The van der Waals surface area contributed by atoms with Crippen molar-refractivity contribution >= 4 is 28.8 Å². The lowest BCUT2D eigenvalue weighted by Crippen LogP contribution is -2.14. The number of H-pyrrole nitrogens is 1. The Kier molecular flexibility index (Phi) is 6.99. The summed E-state index contributed by atoms with van der Waals surface area (Å²) in [4.78, 5) is 24.4. The van der Waals surface area contributed by atoms with E-state index in [1.54, 1.807) is 36.7 Å². The number of carbonyl (C=O) groups is 1. The van der Waals surface area contributed by atoms with Gasteiger partial charge in [0, 0.05) is 35.5 Å². The number of amides is 1. The fraction of sp³-hybridized carbons (Fsp3) is 0.138. The van der Waals surface area contributed by atoms with Crippen molar-refractivity contribution in [3.63, 3.8) is 0 Å². The highest BCUT2D eigenvalue weighted by Gasteiger charge is 2.19. The Morgan fingerprint density at radius 2 is 1.95 bits per heavy atom. The lowest BCUT2D eigenvalue weighted by molar-refractivity contribution is -0.107. The van der Waals surface area contributed by atoms with Crippen molar-refractivity contribution in [3.05, 3.63) is 108 Å². The van der Waals surface area contributed by atoms with E-state index in [4.69, 9.17) is 4.74 Å². The maximum Gasteiger partial charge on any atom is 0.231 e. The fourth-order valence-corrected chi connectivity index (χ4v) is 4.43. The average molecular weight is 514 g/mol. The van der Waals surface area contributed by atoms with E-state index < -0.39 is 5.82 Å². The quantitative estimate of drug-likeness (QED) is 0.248. The number of nitrogens with zero attached hydrogens (tertiary/aromatic N) is 3. The van der Waals surface area contributed by atoms with E-state index in [1.807, 2.05) is 6.92 Å². The second-order valence-electron chi connectivity index (χ2n) is 8.87. The number of allylic oxidation sites excluding steroid dienone is 3. The minimum absolute atomic E-state index is 0.0354. The fourth-order valence-electron chi connectivity index (χ4n) is 4.43. The Labute approximate surface area is 218 Å². The summed E-state index contributed by atoms with van der Waals surface area (Å²) in [5.41, 5.74) is 5.28. The number of ether oxygens (including phenoxy) is 1. The molecule has 1 saturated carbocycles. The van der Waals surface area contributed by atoms with Gasteiger partial charge in [-0.15, -0.1) is 0 Å². The van der Waals surface area contributed by atoms with Crippen LogP contribution in [0, 0.1) is 11.6 Å². The molecule has 9 heteroatoms. The van der Waals surface area contributed by atoms with Crippen LogP contribution < -0.4 is 15.0 Å². The molecule has 5 rings (SSSR count). The predicted octanol–water partition coefficient (Wildman–Crippen LogP) is 7.00. The molecule has 0 saturated heterocycles. The zero-order chi connectivity index (χ0) is 26.6. The minimum atomic E-state index is -0.558. The number of benzene rings is 2. The third-order valence-corrected chi connectivity index (χ3v) is 6.45. The molecular formula is C29H25F2N5O2. The Bertz CT molecular complexity index is 1570. The lowest BCUT2D eigenvalue weighted by atomic mass is 10.0. The smallest absolute Gasteiger partial charge is 0.231 e. The highest BCUT2D eigenvalue weighted by atomic mass is 19.1. The zero-order valence-corrected chi connectivity index (χ0v) is 20.7. The van der Waals surface area contributed by atoms with Gasteiger partial charge in [-0.1, -0.05) is 6.58 Å². The maximum absolute atomic E-state index is 14.9. The summed E-state index contributed by atoms with van der Waals surface area (Å²) in [5.74, 6) is -0.632. The zero-order valence-electron chi connectivity index (χ0n) is 20.7. The summed E-state index contributed by atoms with van der Waals surface area (Å²) in [7, 11) is 0. The highest BCUT2D eigenvalue weighted by Crippen LogP contribution is 2.36. The number of aromatic nitrogens is 3. The minimum Gasteiger partial charge on any atom is -0.435 e. The lowest BCUT2D eigenvalue weighted by Gasteiger charge is -2.17. The summed E-state index contributed by atoms with van der Waals surface area (Å²) >= 11 is 0. The van der Waals surface area contributed by atoms with Crippen molar-refractivity contribution < 1.29 is 18.3 Å². The number of halogens is 2. The van der Waals surface area contributed by atoms with E-state index in [9.17, 15) is 13.6 Å². The number of anilines is 2. The number of aromatic amines is 1. The predicted molar refractivity (Wildman–Crippen MR) is 143 cm³/mol. The third-order valence-electron chi connectivity index (χ3n) is 6.45. The largest absolute Gasteiger partial charge is 0.435 e. The topological polar surface area (TPSA) is 83.1 Å². The van der Waals surface area contributed by atoms with E-state index in [2.05, 4.69) is 26.8 Å². The van der Waals surface area contributed by atoms with Crippen LogP contribution in [-0.2, 0) is 4.79 Å². The van der Waals surface area contributed by atoms with Crippen molar-refractivity contribution in [2.24, 2.45) is 0 Å². The normalized spacial score (nSPS) is 15.5. The van der Waals surface area contributed by atoms with E-state index in [0.717, 1.165) is 36.0 Å². The van der Waals surface area contributed by atoms with Gasteiger partial charge < -0.3 is 15.0 Å². The van der Waals surface area contributed by atoms with Gasteiger partial charge in [-0.05, 0) is 85.4 Å². The van der Waals surface area contributed by atoms with Crippen LogP contribution in [0.1, 0.15) is 26.2 Å². The molecule has 4 aromatic rings. The summed E-state index contributed by atoms with van der Waals surface area (Å²) in [6.07, 6.45) is 8.09. The molecule has 2 aromatic heterocycles. The molecule has 2 aromatic carbocycles. The van der Waals surface area contributed by atoms with Gasteiger partial charge in [0.2, 0.25) is 12.3 Å². The van der Waals surface area contributed by atoms with Crippen LogP contribution in [0.5, 0.6) is 11.6 Å². The van der Waals surface area contributed by atoms with Crippen LogP contribution in [0.2, 0.25) is 0 Å². The van der Waals surface area contributed by atoms with Gasteiger partial charge in [0.05, 0.1) is 5.39 Å². The van der Waals surface area contributed by atoms with Crippen molar-refractivity contribution in [3.8, 4) is 11.6 Å². The first-order valence-corrected chi connectivity index (χ1v) is 12.0. The van der Waals surface area contributed by atoms with Gasteiger partial charge in [-0.3, -0.25) is 9.69 Å². The SMILES string of the molecule is C=C(Nc1ccc(Oc2ncnc3[nH]ccc23)c(F)c1)/C(C)=C1\CCC\C1=C\N(C=O)c1ccc(F)cc1. The van der Waals surface area contributed by atoms with Gasteiger partial charge in [-0.25, -0.2) is 18.7 Å². The number of carbonyl (C=O) groups excluding carboxylic acids is 1.